The number of ether oxygens (including phenoxy) is 1. The Balaban J connectivity index is 1.92. The van der Waals surface area contributed by atoms with Gasteiger partial charge in [-0.25, -0.2) is 15.0 Å². The summed E-state index contributed by atoms with van der Waals surface area (Å²) in [5.41, 5.74) is 2.92. The zero-order chi connectivity index (χ0) is 24.9. The molecule has 0 fully saturated rings. The van der Waals surface area contributed by atoms with Crippen molar-refractivity contribution in [2.24, 2.45) is 0 Å². The molecule has 0 unspecified atom stereocenters. The number of hydrogen-bond acceptors (Lipinski definition) is 5. The van der Waals surface area contributed by atoms with E-state index in [1.54, 1.807) is 26.2 Å². The fourth-order valence-electron chi connectivity index (χ4n) is 3.70. The smallest absolute Gasteiger partial charge is 0.421 e. The Kier molecular flexibility index (Phi) is 7.86. The molecule has 6 nitrogen and oxygen atoms in total. The molecule has 0 saturated carbocycles. The topological polar surface area (TPSA) is 85.2 Å². The maximum absolute atomic E-state index is 13.5. The second kappa shape index (κ2) is 10.6. The van der Waals surface area contributed by atoms with Gasteiger partial charge < -0.3 is 9.84 Å². The highest BCUT2D eigenvalue weighted by Gasteiger charge is 2.36. The number of alkyl halides is 3. The molecular formula is C25H26F3N3O3. The Morgan fingerprint density at radius 1 is 1.09 bits per heavy atom. The van der Waals surface area contributed by atoms with Crippen LogP contribution in [0.5, 0.6) is 5.88 Å². The van der Waals surface area contributed by atoms with Crippen molar-refractivity contribution in [2.75, 3.05) is 0 Å². The molecule has 2 aromatic heterocycles. The number of hydrogen-bond donors (Lipinski definition) is 1. The van der Waals surface area contributed by atoms with Crippen LogP contribution < -0.4 is 4.74 Å². The first-order valence-electron chi connectivity index (χ1n) is 11.0. The van der Waals surface area contributed by atoms with Crippen LogP contribution in [0.4, 0.5) is 13.2 Å². The lowest BCUT2D eigenvalue weighted by atomic mass is 9.92. The molecule has 0 bridgehead atoms. The van der Waals surface area contributed by atoms with Crippen LogP contribution in [-0.4, -0.2) is 32.1 Å². The van der Waals surface area contributed by atoms with Gasteiger partial charge in [-0.1, -0.05) is 25.1 Å². The largest absolute Gasteiger partial charge is 0.481 e. The minimum Gasteiger partial charge on any atom is -0.481 e. The molecule has 34 heavy (non-hydrogen) atoms. The second-order valence-electron chi connectivity index (χ2n) is 8.08. The van der Waals surface area contributed by atoms with Crippen molar-refractivity contribution in [1.82, 2.24) is 15.0 Å². The summed E-state index contributed by atoms with van der Waals surface area (Å²) in [5, 5.41) is 8.90. The van der Waals surface area contributed by atoms with Gasteiger partial charge in [0, 0.05) is 36.1 Å². The molecule has 0 atom stereocenters. The molecule has 9 heteroatoms. The highest BCUT2D eigenvalue weighted by molar-refractivity contribution is 5.69. The van der Waals surface area contributed by atoms with Crippen LogP contribution in [0.15, 0.2) is 42.9 Å². The molecule has 1 aromatic carbocycles. The third-order valence-corrected chi connectivity index (χ3v) is 5.19. The summed E-state index contributed by atoms with van der Waals surface area (Å²) in [6.45, 7) is 5.27. The molecular weight excluding hydrogens is 447 g/mol. The first-order valence-corrected chi connectivity index (χ1v) is 11.0. The highest BCUT2D eigenvalue weighted by Crippen LogP contribution is 2.37. The van der Waals surface area contributed by atoms with E-state index < -0.39 is 29.7 Å². The SMILES string of the molecule is CCc1c(CCCC(=O)O)cccc1-c1cnc(-c2cnc(OC(C)C)c(C(F)(F)F)c2)nc1. The van der Waals surface area contributed by atoms with Gasteiger partial charge in [-0.15, -0.1) is 0 Å². The Hall–Kier alpha value is -3.49. The maximum atomic E-state index is 13.5. The predicted molar refractivity (Wildman–Crippen MR) is 121 cm³/mol. The van der Waals surface area contributed by atoms with Crippen LogP contribution in [0.2, 0.25) is 0 Å². The number of benzene rings is 1. The molecule has 3 aromatic rings. The number of carbonyl (C=O) groups is 1. The maximum Gasteiger partial charge on any atom is 0.421 e. The number of pyridine rings is 1. The first-order chi connectivity index (χ1) is 16.1. The standard InChI is InChI=1S/C25H26F3N3O3/c1-4-19-16(8-6-10-22(32)33)7-5-9-20(19)18-13-29-23(30-14-18)17-11-21(25(26,27)28)24(31-12-17)34-15(2)3/h5,7,9,11-15H,4,6,8,10H2,1-3H3,(H,32,33). The van der Waals surface area contributed by atoms with Crippen molar-refractivity contribution in [2.45, 2.75) is 58.7 Å². The van der Waals surface area contributed by atoms with Crippen LogP contribution >= 0.6 is 0 Å². The van der Waals surface area contributed by atoms with E-state index in [1.165, 1.54) is 6.20 Å². The van der Waals surface area contributed by atoms with Crippen molar-refractivity contribution >= 4 is 5.97 Å². The van der Waals surface area contributed by atoms with E-state index >= 15 is 0 Å². The summed E-state index contributed by atoms with van der Waals surface area (Å²) in [6, 6.07) is 6.75. The Bertz CT molecular complexity index is 1150. The zero-order valence-electron chi connectivity index (χ0n) is 19.2. The molecule has 3 rings (SSSR count). The number of carboxylic acid groups (broad SMARTS) is 1. The van der Waals surface area contributed by atoms with Gasteiger partial charge in [0.15, 0.2) is 5.82 Å². The minimum atomic E-state index is -4.63. The minimum absolute atomic E-state index is 0.0974. The van der Waals surface area contributed by atoms with Crippen molar-refractivity contribution in [3.63, 3.8) is 0 Å². The number of halogens is 3. The van der Waals surface area contributed by atoms with Gasteiger partial charge in [-0.2, -0.15) is 13.2 Å². The monoisotopic (exact) mass is 473 g/mol. The lowest BCUT2D eigenvalue weighted by Gasteiger charge is -2.16. The fourth-order valence-corrected chi connectivity index (χ4v) is 3.70. The van der Waals surface area contributed by atoms with E-state index in [4.69, 9.17) is 9.84 Å². The third kappa shape index (κ3) is 6.09. The lowest BCUT2D eigenvalue weighted by Crippen LogP contribution is -2.14. The molecule has 0 aliphatic rings. The molecule has 0 amide bonds. The number of aryl methyl sites for hydroxylation is 1. The van der Waals surface area contributed by atoms with Crippen molar-refractivity contribution in [3.05, 3.63) is 59.5 Å². The van der Waals surface area contributed by atoms with Gasteiger partial charge in [0.2, 0.25) is 5.88 Å². The number of aromatic nitrogens is 3. The Morgan fingerprint density at radius 3 is 2.35 bits per heavy atom. The van der Waals surface area contributed by atoms with Crippen LogP contribution in [0.3, 0.4) is 0 Å². The van der Waals surface area contributed by atoms with Crippen LogP contribution in [-0.2, 0) is 23.8 Å². The van der Waals surface area contributed by atoms with Gasteiger partial charge in [0.25, 0.3) is 0 Å². The van der Waals surface area contributed by atoms with E-state index in [0.717, 1.165) is 34.7 Å². The predicted octanol–water partition coefficient (Wildman–Crippen LogP) is 5.98. The van der Waals surface area contributed by atoms with Crippen LogP contribution in [0.25, 0.3) is 22.5 Å². The molecule has 0 aliphatic heterocycles. The second-order valence-corrected chi connectivity index (χ2v) is 8.08. The first kappa shape index (κ1) is 25.1. The van der Waals surface area contributed by atoms with Crippen LogP contribution in [0.1, 0.15) is 50.3 Å². The van der Waals surface area contributed by atoms with Gasteiger partial charge in [-0.3, -0.25) is 4.79 Å². The van der Waals surface area contributed by atoms with Crippen molar-refractivity contribution in [1.29, 1.82) is 0 Å². The summed E-state index contributed by atoms with van der Waals surface area (Å²) >= 11 is 0. The molecule has 0 radical (unpaired) electrons. The lowest BCUT2D eigenvalue weighted by molar-refractivity contribution is -0.139. The molecule has 1 N–H and O–H groups in total. The fraction of sp³-hybridized carbons (Fsp3) is 0.360. The summed E-state index contributed by atoms with van der Waals surface area (Å²) < 4.78 is 45.8. The molecule has 0 saturated heterocycles. The summed E-state index contributed by atoms with van der Waals surface area (Å²) in [5.74, 6) is -1.19. The molecule has 0 aliphatic carbocycles. The van der Waals surface area contributed by atoms with Gasteiger partial charge in [0.1, 0.15) is 5.56 Å². The Labute approximate surface area is 195 Å². The van der Waals surface area contributed by atoms with E-state index in [1.807, 2.05) is 25.1 Å². The summed E-state index contributed by atoms with van der Waals surface area (Å²) in [6.07, 6.45) is 1.32. The Morgan fingerprint density at radius 2 is 1.76 bits per heavy atom. The highest BCUT2D eigenvalue weighted by atomic mass is 19.4. The van der Waals surface area contributed by atoms with Crippen LogP contribution in [0, 0.1) is 0 Å². The average Bonchev–Trinajstić information content (AvgIpc) is 2.78. The number of aliphatic carboxylic acids is 1. The summed E-state index contributed by atoms with van der Waals surface area (Å²) in [4.78, 5) is 23.3. The van der Waals surface area contributed by atoms with E-state index in [0.29, 0.717) is 12.8 Å². The molecule has 180 valence electrons. The molecule has 2 heterocycles. The van der Waals surface area contributed by atoms with E-state index in [2.05, 4.69) is 15.0 Å². The normalized spacial score (nSPS) is 11.6. The number of rotatable bonds is 9. The number of carboxylic acids is 1. The quantitative estimate of drug-likeness (QED) is 0.411. The van der Waals surface area contributed by atoms with E-state index in [-0.39, 0.29) is 17.8 Å². The van der Waals surface area contributed by atoms with E-state index in [9.17, 15) is 18.0 Å². The molecule has 0 spiro atoms. The van der Waals surface area contributed by atoms with Gasteiger partial charge >= 0.3 is 12.1 Å². The number of nitrogens with zero attached hydrogens (tertiary/aromatic N) is 3. The van der Waals surface area contributed by atoms with Gasteiger partial charge in [0.05, 0.1) is 6.10 Å². The average molecular weight is 473 g/mol. The third-order valence-electron chi connectivity index (χ3n) is 5.19. The summed E-state index contributed by atoms with van der Waals surface area (Å²) in [7, 11) is 0. The van der Waals surface area contributed by atoms with Crippen molar-refractivity contribution in [3.8, 4) is 28.4 Å². The van der Waals surface area contributed by atoms with Crippen molar-refractivity contribution < 1.29 is 27.8 Å². The zero-order valence-corrected chi connectivity index (χ0v) is 19.2. The van der Waals surface area contributed by atoms with Gasteiger partial charge in [-0.05, 0) is 55.9 Å².